The number of anilines is 2. The summed E-state index contributed by atoms with van der Waals surface area (Å²) in [6.45, 7) is 0. The lowest BCUT2D eigenvalue weighted by atomic mass is 9.67. The molecule has 0 saturated heterocycles. The number of hydrogen-bond acceptors (Lipinski definition) is 2. The van der Waals surface area contributed by atoms with Crippen molar-refractivity contribution in [3.8, 4) is 11.1 Å². The number of rotatable bonds is 2. The molecule has 6 aromatic carbocycles. The van der Waals surface area contributed by atoms with E-state index in [0.717, 1.165) is 11.4 Å². The Kier molecular flexibility index (Phi) is 4.10. The molecule has 166 valence electrons. The van der Waals surface area contributed by atoms with Crippen LogP contribution in [0.25, 0.3) is 32.7 Å². The van der Waals surface area contributed by atoms with Gasteiger partial charge in [0.05, 0.1) is 5.41 Å². The van der Waals surface area contributed by atoms with Crippen LogP contribution in [-0.2, 0) is 5.41 Å². The van der Waals surface area contributed by atoms with Gasteiger partial charge in [0, 0.05) is 11.4 Å². The van der Waals surface area contributed by atoms with Gasteiger partial charge in [-0.05, 0) is 103 Å². The molecule has 0 fully saturated rings. The van der Waals surface area contributed by atoms with Crippen molar-refractivity contribution in [3.05, 3.63) is 144 Å². The lowest BCUT2D eigenvalue weighted by molar-refractivity contribution is 0.771. The Morgan fingerprint density at radius 1 is 0.400 bits per heavy atom. The summed E-state index contributed by atoms with van der Waals surface area (Å²) >= 11 is 0. The Morgan fingerprint density at radius 2 is 0.743 bits per heavy atom. The van der Waals surface area contributed by atoms with Gasteiger partial charge in [-0.15, -0.1) is 0 Å². The van der Waals surface area contributed by atoms with Gasteiger partial charge in [0.2, 0.25) is 0 Å². The van der Waals surface area contributed by atoms with E-state index in [-0.39, 0.29) is 0 Å². The van der Waals surface area contributed by atoms with Crippen LogP contribution in [0.1, 0.15) is 22.3 Å². The monoisotopic (exact) mass is 448 g/mol. The molecular formula is C33H24N2. The van der Waals surface area contributed by atoms with Crippen molar-refractivity contribution in [1.29, 1.82) is 0 Å². The van der Waals surface area contributed by atoms with E-state index in [1.165, 1.54) is 54.9 Å². The van der Waals surface area contributed by atoms with Crippen LogP contribution < -0.4 is 11.5 Å². The molecular weight excluding hydrogens is 424 g/mol. The quantitative estimate of drug-likeness (QED) is 0.269. The van der Waals surface area contributed by atoms with Crippen molar-refractivity contribution in [2.45, 2.75) is 5.41 Å². The highest BCUT2D eigenvalue weighted by molar-refractivity contribution is 6.00. The van der Waals surface area contributed by atoms with E-state index in [9.17, 15) is 0 Å². The number of benzene rings is 6. The van der Waals surface area contributed by atoms with Crippen LogP contribution in [0.2, 0.25) is 0 Å². The van der Waals surface area contributed by atoms with E-state index in [1.807, 2.05) is 24.3 Å². The van der Waals surface area contributed by atoms with Gasteiger partial charge >= 0.3 is 0 Å². The normalized spacial score (nSPS) is 13.6. The first-order chi connectivity index (χ1) is 17.1. The summed E-state index contributed by atoms with van der Waals surface area (Å²) < 4.78 is 0. The Bertz CT molecular complexity index is 1610. The molecule has 0 unspecified atom stereocenters. The second-order valence-electron chi connectivity index (χ2n) is 9.48. The molecule has 1 aliphatic carbocycles. The minimum absolute atomic E-state index is 0.486. The lowest BCUT2D eigenvalue weighted by Gasteiger charge is -2.34. The van der Waals surface area contributed by atoms with Gasteiger partial charge in [-0.1, -0.05) is 72.8 Å². The van der Waals surface area contributed by atoms with Crippen molar-refractivity contribution in [2.75, 3.05) is 11.5 Å². The molecule has 0 aliphatic heterocycles. The molecule has 0 spiro atoms. The zero-order chi connectivity index (χ0) is 23.6. The van der Waals surface area contributed by atoms with Crippen LogP contribution >= 0.6 is 0 Å². The highest BCUT2D eigenvalue weighted by Crippen LogP contribution is 2.57. The smallest absolute Gasteiger partial charge is 0.0714 e. The summed E-state index contributed by atoms with van der Waals surface area (Å²) in [4.78, 5) is 0. The molecule has 2 nitrogen and oxygen atoms in total. The van der Waals surface area contributed by atoms with E-state index < -0.39 is 5.41 Å². The first-order valence-corrected chi connectivity index (χ1v) is 11.9. The predicted octanol–water partition coefficient (Wildman–Crippen LogP) is 7.52. The van der Waals surface area contributed by atoms with Crippen LogP contribution in [0, 0.1) is 0 Å². The minimum Gasteiger partial charge on any atom is -0.399 e. The third kappa shape index (κ3) is 2.77. The summed E-state index contributed by atoms with van der Waals surface area (Å²) in [5, 5.41) is 4.96. The van der Waals surface area contributed by atoms with Gasteiger partial charge in [0.25, 0.3) is 0 Å². The van der Waals surface area contributed by atoms with Gasteiger partial charge in [0.1, 0.15) is 0 Å². The molecule has 0 amide bonds. The predicted molar refractivity (Wildman–Crippen MR) is 148 cm³/mol. The molecule has 0 radical (unpaired) electrons. The summed E-state index contributed by atoms with van der Waals surface area (Å²) in [7, 11) is 0. The molecule has 1 aliphatic rings. The first-order valence-electron chi connectivity index (χ1n) is 11.9. The van der Waals surface area contributed by atoms with Gasteiger partial charge < -0.3 is 11.5 Å². The van der Waals surface area contributed by atoms with E-state index in [0.29, 0.717) is 0 Å². The first kappa shape index (κ1) is 19.9. The van der Waals surface area contributed by atoms with Gasteiger partial charge in [-0.2, -0.15) is 0 Å². The highest BCUT2D eigenvalue weighted by atomic mass is 14.6. The van der Waals surface area contributed by atoms with E-state index in [4.69, 9.17) is 11.5 Å². The third-order valence-corrected chi connectivity index (χ3v) is 7.56. The summed E-state index contributed by atoms with van der Waals surface area (Å²) in [5.74, 6) is 0. The van der Waals surface area contributed by atoms with E-state index >= 15 is 0 Å². The van der Waals surface area contributed by atoms with E-state index in [1.54, 1.807) is 0 Å². The second-order valence-corrected chi connectivity index (χ2v) is 9.48. The summed E-state index contributed by atoms with van der Waals surface area (Å²) in [6.07, 6.45) is 0. The Labute approximate surface area is 204 Å². The Balaban J connectivity index is 1.70. The van der Waals surface area contributed by atoms with Crippen molar-refractivity contribution in [3.63, 3.8) is 0 Å². The average Bonchev–Trinajstić information content (AvgIpc) is 3.16. The highest BCUT2D eigenvalue weighted by Gasteiger charge is 2.46. The number of nitrogens with two attached hydrogens (primary N) is 2. The fourth-order valence-electron chi connectivity index (χ4n) is 5.95. The van der Waals surface area contributed by atoms with Crippen LogP contribution in [0.3, 0.4) is 0 Å². The average molecular weight is 449 g/mol. The van der Waals surface area contributed by atoms with Crippen molar-refractivity contribution in [2.24, 2.45) is 0 Å². The molecule has 4 N–H and O–H groups in total. The molecule has 6 aromatic rings. The van der Waals surface area contributed by atoms with Crippen LogP contribution in [0.4, 0.5) is 11.4 Å². The van der Waals surface area contributed by atoms with Crippen molar-refractivity contribution < 1.29 is 0 Å². The fourth-order valence-corrected chi connectivity index (χ4v) is 5.95. The fraction of sp³-hybridized carbons (Fsp3) is 0.0303. The maximum absolute atomic E-state index is 6.15. The topological polar surface area (TPSA) is 52.0 Å². The third-order valence-electron chi connectivity index (χ3n) is 7.56. The molecule has 0 bridgehead atoms. The number of fused-ring (bicyclic) bond motifs is 5. The van der Waals surface area contributed by atoms with Crippen LogP contribution in [0.15, 0.2) is 121 Å². The Morgan fingerprint density at radius 3 is 1.11 bits per heavy atom. The summed E-state index contributed by atoms with van der Waals surface area (Å²) in [5.41, 5.74) is 20.9. The van der Waals surface area contributed by atoms with Crippen LogP contribution in [0.5, 0.6) is 0 Å². The van der Waals surface area contributed by atoms with Crippen LogP contribution in [-0.4, -0.2) is 0 Å². The Hall–Kier alpha value is -4.56. The van der Waals surface area contributed by atoms with Gasteiger partial charge in [-0.3, -0.25) is 0 Å². The zero-order valence-electron chi connectivity index (χ0n) is 19.2. The molecule has 7 rings (SSSR count). The standard InChI is InChI=1S/C33H24N2/c34-27-13-9-25(10-14-27)33(26-11-15-28(35)16-12-26)31-19-23-7-3-1-5-21(23)17-29(31)30-18-22-6-2-4-8-24(22)20-32(30)33/h1-20H,34-35H2. The lowest BCUT2D eigenvalue weighted by Crippen LogP contribution is -2.28. The van der Waals surface area contributed by atoms with Crippen molar-refractivity contribution in [1.82, 2.24) is 0 Å². The second kappa shape index (κ2) is 7.22. The molecule has 0 heterocycles. The molecule has 0 saturated carbocycles. The molecule has 0 atom stereocenters. The minimum atomic E-state index is -0.486. The number of hydrogen-bond donors (Lipinski definition) is 2. The molecule has 35 heavy (non-hydrogen) atoms. The van der Waals surface area contributed by atoms with Crippen molar-refractivity contribution >= 4 is 32.9 Å². The van der Waals surface area contributed by atoms with E-state index in [2.05, 4.69) is 97.1 Å². The SMILES string of the molecule is Nc1ccc(C2(c3ccc(N)cc3)c3cc4ccccc4cc3-c3cc4ccccc4cc32)cc1. The number of nitrogen functional groups attached to an aromatic ring is 2. The largest absolute Gasteiger partial charge is 0.399 e. The van der Waals surface area contributed by atoms with Gasteiger partial charge in [0.15, 0.2) is 0 Å². The summed E-state index contributed by atoms with van der Waals surface area (Å²) in [6, 6.07) is 43.4. The maximum atomic E-state index is 6.15. The maximum Gasteiger partial charge on any atom is 0.0714 e. The van der Waals surface area contributed by atoms with Gasteiger partial charge in [-0.25, -0.2) is 0 Å². The molecule has 0 aromatic heterocycles. The molecule has 2 heteroatoms. The zero-order valence-corrected chi connectivity index (χ0v) is 19.2.